The number of aryl methyl sites for hydroxylation is 2. The van der Waals surface area contributed by atoms with Gasteiger partial charge in [0.25, 0.3) is 0 Å². The van der Waals surface area contributed by atoms with Crippen LogP contribution in [0.4, 0.5) is 0 Å². The Hall–Kier alpha value is -1.43. The van der Waals surface area contributed by atoms with Crippen LogP contribution in [0.2, 0.25) is 0 Å². The zero-order chi connectivity index (χ0) is 15.8. The average Bonchev–Trinajstić information content (AvgIpc) is 2.43. The fourth-order valence-electron chi connectivity index (χ4n) is 2.28. The number of methoxy groups -OCH3 is 1. The number of rotatable bonds is 9. The lowest BCUT2D eigenvalue weighted by molar-refractivity contribution is -0.138. The van der Waals surface area contributed by atoms with Crippen LogP contribution in [0.5, 0.6) is 0 Å². The van der Waals surface area contributed by atoms with E-state index < -0.39 is 18.1 Å². The van der Waals surface area contributed by atoms with E-state index in [0.717, 1.165) is 23.1 Å². The fraction of sp³-hybridized carbons (Fsp3) is 0.562. The summed E-state index contributed by atoms with van der Waals surface area (Å²) in [4.78, 5) is 11.0. The molecule has 3 N–H and O–H groups in total. The molecule has 0 aromatic heterocycles. The largest absolute Gasteiger partial charge is 0.481 e. The van der Waals surface area contributed by atoms with E-state index in [1.807, 2.05) is 32.0 Å². The van der Waals surface area contributed by atoms with Gasteiger partial charge in [0, 0.05) is 19.8 Å². The van der Waals surface area contributed by atoms with Crippen LogP contribution in [0.3, 0.4) is 0 Å². The third-order valence-corrected chi connectivity index (χ3v) is 3.46. The molecule has 0 aliphatic heterocycles. The summed E-state index contributed by atoms with van der Waals surface area (Å²) < 4.78 is 4.97. The van der Waals surface area contributed by atoms with E-state index in [4.69, 9.17) is 9.84 Å². The smallest absolute Gasteiger partial charge is 0.305 e. The Morgan fingerprint density at radius 1 is 1.38 bits per heavy atom. The van der Waals surface area contributed by atoms with E-state index in [9.17, 15) is 9.90 Å². The lowest BCUT2D eigenvalue weighted by Gasteiger charge is -2.25. The predicted molar refractivity (Wildman–Crippen MR) is 81.4 cm³/mol. The minimum atomic E-state index is -0.927. The first-order valence-electron chi connectivity index (χ1n) is 7.15. The monoisotopic (exact) mass is 295 g/mol. The van der Waals surface area contributed by atoms with Crippen molar-refractivity contribution in [2.75, 3.05) is 20.3 Å². The molecule has 118 valence electrons. The molecule has 5 nitrogen and oxygen atoms in total. The normalized spacial score (nSPS) is 13.9. The lowest BCUT2D eigenvalue weighted by atomic mass is 9.94. The van der Waals surface area contributed by atoms with Gasteiger partial charge in [0.2, 0.25) is 0 Å². The van der Waals surface area contributed by atoms with Crippen molar-refractivity contribution in [2.24, 2.45) is 0 Å². The maximum Gasteiger partial charge on any atom is 0.305 e. The van der Waals surface area contributed by atoms with E-state index in [1.54, 1.807) is 7.11 Å². The Morgan fingerprint density at radius 2 is 2.10 bits per heavy atom. The minimum absolute atomic E-state index is 0.123. The van der Waals surface area contributed by atoms with E-state index in [0.29, 0.717) is 13.2 Å². The summed E-state index contributed by atoms with van der Waals surface area (Å²) in [6.45, 7) is 5.08. The van der Waals surface area contributed by atoms with Crippen molar-refractivity contribution in [3.8, 4) is 0 Å². The van der Waals surface area contributed by atoms with Crippen molar-refractivity contribution in [2.45, 2.75) is 38.8 Å². The van der Waals surface area contributed by atoms with Crippen molar-refractivity contribution >= 4 is 5.97 Å². The van der Waals surface area contributed by atoms with Gasteiger partial charge < -0.3 is 20.3 Å². The van der Waals surface area contributed by atoms with Gasteiger partial charge in [0.1, 0.15) is 0 Å². The summed E-state index contributed by atoms with van der Waals surface area (Å²) in [5.41, 5.74) is 2.78. The Bertz CT molecular complexity index is 462. The van der Waals surface area contributed by atoms with Crippen LogP contribution in [0, 0.1) is 13.8 Å². The van der Waals surface area contributed by atoms with Crippen LogP contribution in [0.15, 0.2) is 18.2 Å². The van der Waals surface area contributed by atoms with Gasteiger partial charge >= 0.3 is 5.97 Å². The molecule has 0 aliphatic rings. The number of hydrogen-bond donors (Lipinski definition) is 3. The molecule has 21 heavy (non-hydrogen) atoms. The Balaban J connectivity index is 2.80. The van der Waals surface area contributed by atoms with Gasteiger partial charge in [-0.05, 0) is 37.9 Å². The molecule has 0 saturated heterocycles. The third-order valence-electron chi connectivity index (χ3n) is 3.46. The topological polar surface area (TPSA) is 78.8 Å². The molecule has 0 aliphatic carbocycles. The van der Waals surface area contributed by atoms with Gasteiger partial charge in [-0.3, -0.25) is 4.79 Å². The highest BCUT2D eigenvalue weighted by Gasteiger charge is 2.24. The number of ether oxygens (including phenoxy) is 1. The number of nitrogens with one attached hydrogen (secondary N) is 1. The van der Waals surface area contributed by atoms with Crippen molar-refractivity contribution < 1.29 is 19.7 Å². The molecule has 2 unspecified atom stereocenters. The molecular formula is C16H25NO4. The zero-order valence-corrected chi connectivity index (χ0v) is 12.9. The molecule has 0 amide bonds. The van der Waals surface area contributed by atoms with Crippen LogP contribution in [0.1, 0.15) is 35.6 Å². The highest BCUT2D eigenvalue weighted by atomic mass is 16.5. The van der Waals surface area contributed by atoms with E-state index >= 15 is 0 Å². The number of aliphatic carboxylic acids is 1. The number of aliphatic hydroxyl groups excluding tert-OH is 1. The maximum atomic E-state index is 11.0. The van der Waals surface area contributed by atoms with Gasteiger partial charge in [-0.15, -0.1) is 0 Å². The van der Waals surface area contributed by atoms with Crippen LogP contribution >= 0.6 is 0 Å². The number of benzene rings is 1. The molecule has 1 aromatic rings. The first-order valence-corrected chi connectivity index (χ1v) is 7.15. The standard InChI is InChI=1S/C16H25NO4/c1-11-5-6-12(2)13(9-11)16(20)14(10-15(18)19)17-7-4-8-21-3/h5-6,9,14,16-17,20H,4,7-8,10H2,1-3H3,(H,18,19). The summed E-state index contributed by atoms with van der Waals surface area (Å²) in [7, 11) is 1.62. The number of hydrogen-bond acceptors (Lipinski definition) is 4. The molecule has 2 atom stereocenters. The number of carbonyl (C=O) groups is 1. The Labute approximate surface area is 125 Å². The third kappa shape index (κ3) is 5.83. The van der Waals surface area contributed by atoms with E-state index in [-0.39, 0.29) is 6.42 Å². The molecule has 5 heteroatoms. The van der Waals surface area contributed by atoms with Crippen molar-refractivity contribution in [1.82, 2.24) is 5.32 Å². The zero-order valence-electron chi connectivity index (χ0n) is 12.9. The van der Waals surface area contributed by atoms with E-state index in [1.165, 1.54) is 0 Å². The SMILES string of the molecule is COCCCNC(CC(=O)O)C(O)c1cc(C)ccc1C. The van der Waals surface area contributed by atoms with Crippen molar-refractivity contribution in [3.05, 3.63) is 34.9 Å². The van der Waals surface area contributed by atoms with Gasteiger partial charge in [0.05, 0.1) is 12.5 Å². The second-order valence-electron chi connectivity index (χ2n) is 5.31. The number of carboxylic acid groups (broad SMARTS) is 1. The number of carboxylic acids is 1. The van der Waals surface area contributed by atoms with Crippen LogP contribution in [-0.4, -0.2) is 42.5 Å². The number of aliphatic hydroxyl groups is 1. The maximum absolute atomic E-state index is 11.0. The summed E-state index contributed by atoms with van der Waals surface area (Å²) in [6, 6.07) is 5.31. The molecule has 0 fully saturated rings. The quantitative estimate of drug-likeness (QED) is 0.606. The highest BCUT2D eigenvalue weighted by Crippen LogP contribution is 2.23. The van der Waals surface area contributed by atoms with Crippen molar-refractivity contribution in [1.29, 1.82) is 0 Å². The molecule has 1 rings (SSSR count). The van der Waals surface area contributed by atoms with E-state index in [2.05, 4.69) is 5.32 Å². The van der Waals surface area contributed by atoms with Crippen LogP contribution < -0.4 is 5.32 Å². The Morgan fingerprint density at radius 3 is 2.71 bits per heavy atom. The summed E-state index contributed by atoms with van der Waals surface area (Å²) >= 11 is 0. The van der Waals surface area contributed by atoms with Gasteiger partial charge in [-0.25, -0.2) is 0 Å². The molecule has 0 radical (unpaired) electrons. The molecule has 1 aromatic carbocycles. The lowest BCUT2D eigenvalue weighted by Crippen LogP contribution is -2.38. The molecule has 0 spiro atoms. The predicted octanol–water partition coefficient (Wildman–Crippen LogP) is 1.81. The molecular weight excluding hydrogens is 270 g/mol. The van der Waals surface area contributed by atoms with Crippen molar-refractivity contribution in [3.63, 3.8) is 0 Å². The second kappa shape index (κ2) is 8.77. The summed E-state index contributed by atoms with van der Waals surface area (Å²) in [5.74, 6) is -0.927. The first kappa shape index (κ1) is 17.6. The average molecular weight is 295 g/mol. The van der Waals surface area contributed by atoms with Crippen LogP contribution in [0.25, 0.3) is 0 Å². The highest BCUT2D eigenvalue weighted by molar-refractivity contribution is 5.67. The van der Waals surface area contributed by atoms with Gasteiger partial charge in [-0.1, -0.05) is 23.8 Å². The molecule has 0 heterocycles. The Kier molecular flexibility index (Phi) is 7.36. The second-order valence-corrected chi connectivity index (χ2v) is 5.31. The summed E-state index contributed by atoms with van der Waals surface area (Å²) in [6.07, 6.45) is -0.197. The van der Waals surface area contributed by atoms with Gasteiger partial charge in [0.15, 0.2) is 0 Å². The van der Waals surface area contributed by atoms with Gasteiger partial charge in [-0.2, -0.15) is 0 Å². The fourth-order valence-corrected chi connectivity index (χ4v) is 2.28. The minimum Gasteiger partial charge on any atom is -0.481 e. The first-order chi connectivity index (χ1) is 9.95. The molecule has 0 bridgehead atoms. The summed E-state index contributed by atoms with van der Waals surface area (Å²) in [5, 5.41) is 22.7. The molecule has 0 saturated carbocycles. The van der Waals surface area contributed by atoms with Crippen LogP contribution in [-0.2, 0) is 9.53 Å².